The van der Waals surface area contributed by atoms with Crippen molar-refractivity contribution in [2.45, 2.75) is 6.42 Å². The molecule has 0 heterocycles. The Kier molecular flexibility index (Phi) is 2.37. The summed E-state index contributed by atoms with van der Waals surface area (Å²) in [7, 11) is 0. The first-order chi connectivity index (χ1) is 8.34. The Bertz CT molecular complexity index is 594. The van der Waals surface area contributed by atoms with Gasteiger partial charge in [-0.3, -0.25) is 4.79 Å². The average Bonchev–Trinajstić information content (AvgIpc) is 2.69. The van der Waals surface area contributed by atoms with Gasteiger partial charge in [0.05, 0.1) is 0 Å². The highest BCUT2D eigenvalue weighted by molar-refractivity contribution is 6.16. The summed E-state index contributed by atoms with van der Waals surface area (Å²) in [5.41, 5.74) is 4.28. The van der Waals surface area contributed by atoms with Gasteiger partial charge in [-0.2, -0.15) is 0 Å². The molecule has 2 aromatic carbocycles. The number of fused-ring (bicyclic) bond motifs is 1. The van der Waals surface area contributed by atoms with E-state index in [0.29, 0.717) is 0 Å². The maximum Gasteiger partial charge on any atom is 0.186 e. The molecule has 0 saturated heterocycles. The van der Waals surface area contributed by atoms with Crippen LogP contribution in [0, 0.1) is 0 Å². The van der Waals surface area contributed by atoms with Gasteiger partial charge in [-0.15, -0.1) is 0 Å². The van der Waals surface area contributed by atoms with Crippen LogP contribution in [0.3, 0.4) is 0 Å². The van der Waals surface area contributed by atoms with Gasteiger partial charge < -0.3 is 0 Å². The molecular formula is C16H12O. The lowest BCUT2D eigenvalue weighted by Gasteiger charge is -2.04. The first-order valence-corrected chi connectivity index (χ1v) is 5.73. The highest BCUT2D eigenvalue weighted by Crippen LogP contribution is 2.29. The van der Waals surface area contributed by atoms with Crippen LogP contribution in [0.1, 0.15) is 21.5 Å². The molecule has 0 aromatic heterocycles. The first kappa shape index (κ1) is 10.0. The Morgan fingerprint density at radius 2 is 1.41 bits per heavy atom. The maximum atomic E-state index is 11.8. The minimum absolute atomic E-state index is 0.131. The third-order valence-corrected chi connectivity index (χ3v) is 3.08. The number of carbonyl (C=O) groups excluding carboxylic acids is 1. The summed E-state index contributed by atoms with van der Waals surface area (Å²) in [5.74, 6) is 0.131. The van der Waals surface area contributed by atoms with E-state index in [-0.39, 0.29) is 5.78 Å². The molecule has 1 aliphatic rings. The molecule has 1 heteroatoms. The number of hydrogen-bond acceptors (Lipinski definition) is 1. The van der Waals surface area contributed by atoms with Crippen molar-refractivity contribution < 1.29 is 4.79 Å². The number of allylic oxidation sites excluding steroid dienone is 2. The Hall–Kier alpha value is -2.15. The lowest BCUT2D eigenvalue weighted by Crippen LogP contribution is -1.91. The van der Waals surface area contributed by atoms with E-state index in [1.807, 2.05) is 42.5 Å². The molecular weight excluding hydrogens is 208 g/mol. The zero-order chi connectivity index (χ0) is 11.7. The zero-order valence-electron chi connectivity index (χ0n) is 9.39. The lowest BCUT2D eigenvalue weighted by molar-refractivity contribution is 0.105. The standard InChI is InChI=1S/C16H12O/c17-16-11-13(10-12-6-2-1-3-7-12)14-8-4-5-9-15(14)16/h1-9,11H,10H2. The smallest absolute Gasteiger partial charge is 0.186 e. The normalized spacial score (nSPS) is 13.4. The molecule has 17 heavy (non-hydrogen) atoms. The van der Waals surface area contributed by atoms with E-state index in [2.05, 4.69) is 12.1 Å². The Labute approximate surface area is 100 Å². The lowest BCUT2D eigenvalue weighted by atomic mass is 9.99. The summed E-state index contributed by atoms with van der Waals surface area (Å²) in [4.78, 5) is 11.8. The zero-order valence-corrected chi connectivity index (χ0v) is 9.39. The van der Waals surface area contributed by atoms with Crippen LogP contribution < -0.4 is 0 Å². The van der Waals surface area contributed by atoms with Crippen LogP contribution >= 0.6 is 0 Å². The summed E-state index contributed by atoms with van der Waals surface area (Å²) in [6, 6.07) is 18.1. The summed E-state index contributed by atoms with van der Waals surface area (Å²) in [5, 5.41) is 0. The van der Waals surface area contributed by atoms with E-state index in [1.165, 1.54) is 5.56 Å². The highest BCUT2D eigenvalue weighted by Gasteiger charge is 2.19. The quantitative estimate of drug-likeness (QED) is 0.757. The van der Waals surface area contributed by atoms with Crippen molar-refractivity contribution in [3.8, 4) is 0 Å². The van der Waals surface area contributed by atoms with Gasteiger partial charge in [-0.25, -0.2) is 0 Å². The van der Waals surface area contributed by atoms with Crippen molar-refractivity contribution in [2.75, 3.05) is 0 Å². The second kappa shape index (κ2) is 4.02. The molecule has 0 fully saturated rings. The number of ketones is 1. The van der Waals surface area contributed by atoms with E-state index in [0.717, 1.165) is 23.1 Å². The molecule has 0 spiro atoms. The van der Waals surface area contributed by atoms with Gasteiger partial charge in [0.1, 0.15) is 0 Å². The molecule has 2 aromatic rings. The molecule has 82 valence electrons. The van der Waals surface area contributed by atoms with Gasteiger partial charge in [0.15, 0.2) is 5.78 Å². The van der Waals surface area contributed by atoms with E-state index in [9.17, 15) is 4.79 Å². The van der Waals surface area contributed by atoms with E-state index in [1.54, 1.807) is 6.08 Å². The monoisotopic (exact) mass is 220 g/mol. The Morgan fingerprint density at radius 1 is 0.765 bits per heavy atom. The van der Waals surface area contributed by atoms with Crippen molar-refractivity contribution in [3.05, 3.63) is 77.4 Å². The SMILES string of the molecule is O=C1C=C(Cc2ccccc2)c2ccccc21. The van der Waals surface area contributed by atoms with Crippen LogP contribution in [0.5, 0.6) is 0 Å². The predicted octanol–water partition coefficient (Wildman–Crippen LogP) is 3.51. The Morgan fingerprint density at radius 3 is 2.18 bits per heavy atom. The fraction of sp³-hybridized carbons (Fsp3) is 0.0625. The van der Waals surface area contributed by atoms with Gasteiger partial charge in [0.25, 0.3) is 0 Å². The summed E-state index contributed by atoms with van der Waals surface area (Å²) in [6.45, 7) is 0. The first-order valence-electron chi connectivity index (χ1n) is 5.73. The van der Waals surface area contributed by atoms with Gasteiger partial charge in [0, 0.05) is 5.56 Å². The van der Waals surface area contributed by atoms with Crippen LogP contribution in [-0.4, -0.2) is 5.78 Å². The minimum Gasteiger partial charge on any atom is -0.289 e. The molecule has 0 amide bonds. The second-order valence-electron chi connectivity index (χ2n) is 4.24. The fourth-order valence-electron chi connectivity index (χ4n) is 2.25. The summed E-state index contributed by atoms with van der Waals surface area (Å²) >= 11 is 0. The molecule has 0 saturated carbocycles. The topological polar surface area (TPSA) is 17.1 Å². The molecule has 0 N–H and O–H groups in total. The summed E-state index contributed by atoms with van der Waals surface area (Å²) < 4.78 is 0. The summed E-state index contributed by atoms with van der Waals surface area (Å²) in [6.07, 6.45) is 2.58. The average molecular weight is 220 g/mol. The van der Waals surface area contributed by atoms with Gasteiger partial charge in [0.2, 0.25) is 0 Å². The molecule has 0 atom stereocenters. The van der Waals surface area contributed by atoms with Gasteiger partial charge in [-0.1, -0.05) is 54.6 Å². The van der Waals surface area contributed by atoms with Crippen molar-refractivity contribution in [1.29, 1.82) is 0 Å². The van der Waals surface area contributed by atoms with Crippen LogP contribution in [0.25, 0.3) is 5.57 Å². The van der Waals surface area contributed by atoms with Crippen LogP contribution in [-0.2, 0) is 6.42 Å². The largest absolute Gasteiger partial charge is 0.289 e. The van der Waals surface area contributed by atoms with Crippen molar-refractivity contribution in [2.24, 2.45) is 0 Å². The molecule has 3 rings (SSSR count). The maximum absolute atomic E-state index is 11.8. The molecule has 1 aliphatic carbocycles. The van der Waals surface area contributed by atoms with Gasteiger partial charge >= 0.3 is 0 Å². The Balaban J connectivity index is 1.96. The second-order valence-corrected chi connectivity index (χ2v) is 4.24. The molecule has 0 radical (unpaired) electrons. The number of hydrogen-bond donors (Lipinski definition) is 0. The van der Waals surface area contributed by atoms with Gasteiger partial charge in [-0.05, 0) is 29.2 Å². The van der Waals surface area contributed by atoms with Crippen molar-refractivity contribution in [3.63, 3.8) is 0 Å². The third kappa shape index (κ3) is 1.80. The minimum atomic E-state index is 0.131. The number of benzene rings is 2. The number of carbonyl (C=O) groups is 1. The highest BCUT2D eigenvalue weighted by atomic mass is 16.1. The van der Waals surface area contributed by atoms with Crippen LogP contribution in [0.2, 0.25) is 0 Å². The van der Waals surface area contributed by atoms with E-state index in [4.69, 9.17) is 0 Å². The fourth-order valence-corrected chi connectivity index (χ4v) is 2.25. The van der Waals surface area contributed by atoms with E-state index >= 15 is 0 Å². The molecule has 0 aliphatic heterocycles. The third-order valence-electron chi connectivity index (χ3n) is 3.08. The predicted molar refractivity (Wildman–Crippen MR) is 68.9 cm³/mol. The van der Waals surface area contributed by atoms with Crippen molar-refractivity contribution in [1.82, 2.24) is 0 Å². The molecule has 0 bridgehead atoms. The van der Waals surface area contributed by atoms with Crippen molar-refractivity contribution >= 4 is 11.4 Å². The molecule has 1 nitrogen and oxygen atoms in total. The van der Waals surface area contributed by atoms with Crippen LogP contribution in [0.15, 0.2) is 60.7 Å². The number of rotatable bonds is 2. The molecule has 0 unspecified atom stereocenters. The van der Waals surface area contributed by atoms with E-state index < -0.39 is 0 Å². The van der Waals surface area contributed by atoms with Crippen LogP contribution in [0.4, 0.5) is 0 Å².